The van der Waals surface area contributed by atoms with Gasteiger partial charge in [-0.1, -0.05) is 27.2 Å². The molecule has 1 heterocycles. The van der Waals surface area contributed by atoms with Crippen molar-refractivity contribution in [3.8, 4) is 0 Å². The Morgan fingerprint density at radius 2 is 2.06 bits per heavy atom. The van der Waals surface area contributed by atoms with Crippen LogP contribution < -0.4 is 5.32 Å². The van der Waals surface area contributed by atoms with Crippen molar-refractivity contribution in [2.24, 2.45) is 11.8 Å². The van der Waals surface area contributed by atoms with E-state index in [2.05, 4.69) is 44.8 Å². The van der Waals surface area contributed by atoms with E-state index in [9.17, 15) is 0 Å². The molecule has 1 rings (SSSR count). The molecule has 0 saturated carbocycles. The Morgan fingerprint density at radius 3 is 2.65 bits per heavy atom. The predicted molar refractivity (Wildman–Crippen MR) is 76.4 cm³/mol. The zero-order valence-electron chi connectivity index (χ0n) is 12.6. The Labute approximate surface area is 108 Å². The van der Waals surface area contributed by atoms with Crippen molar-refractivity contribution >= 4 is 0 Å². The van der Waals surface area contributed by atoms with Crippen LogP contribution in [0.2, 0.25) is 0 Å². The molecule has 1 fully saturated rings. The van der Waals surface area contributed by atoms with E-state index in [1.165, 1.54) is 38.9 Å². The topological polar surface area (TPSA) is 15.3 Å². The van der Waals surface area contributed by atoms with Crippen LogP contribution in [-0.4, -0.2) is 36.6 Å². The number of nitrogens with zero attached hydrogens (tertiary/aromatic N) is 1. The Morgan fingerprint density at radius 1 is 1.35 bits per heavy atom. The van der Waals surface area contributed by atoms with Crippen molar-refractivity contribution < 1.29 is 0 Å². The second-order valence-corrected chi connectivity index (χ2v) is 6.72. The quantitative estimate of drug-likeness (QED) is 0.735. The molecule has 2 nitrogen and oxygen atoms in total. The summed E-state index contributed by atoms with van der Waals surface area (Å²) in [7, 11) is 0. The standard InChI is InChI=1S/C15H32N2/c1-6-8-15(4,5)17-9-7-14(12-17)11-16-10-13(2)3/h13-14,16H,6-12H2,1-5H3. The molecule has 0 aliphatic carbocycles. The number of nitrogens with one attached hydrogen (secondary N) is 1. The average molecular weight is 240 g/mol. The van der Waals surface area contributed by atoms with Gasteiger partial charge in [-0.05, 0) is 58.2 Å². The highest BCUT2D eigenvalue weighted by molar-refractivity contribution is 4.88. The van der Waals surface area contributed by atoms with Crippen LogP contribution in [0.3, 0.4) is 0 Å². The molecule has 1 aliphatic heterocycles. The summed E-state index contributed by atoms with van der Waals surface area (Å²) >= 11 is 0. The third kappa shape index (κ3) is 4.97. The van der Waals surface area contributed by atoms with E-state index in [-0.39, 0.29) is 0 Å². The molecule has 1 saturated heterocycles. The van der Waals surface area contributed by atoms with Crippen LogP contribution in [0.1, 0.15) is 53.9 Å². The number of likely N-dealkylation sites (tertiary alicyclic amines) is 1. The summed E-state index contributed by atoms with van der Waals surface area (Å²) in [6.07, 6.45) is 3.98. The van der Waals surface area contributed by atoms with E-state index < -0.39 is 0 Å². The summed E-state index contributed by atoms with van der Waals surface area (Å²) in [6, 6.07) is 0. The van der Waals surface area contributed by atoms with Gasteiger partial charge in [0.1, 0.15) is 0 Å². The first-order chi connectivity index (χ1) is 7.95. The molecule has 0 spiro atoms. The third-order valence-electron chi connectivity index (χ3n) is 3.99. The summed E-state index contributed by atoms with van der Waals surface area (Å²) in [4.78, 5) is 2.69. The minimum Gasteiger partial charge on any atom is -0.316 e. The maximum absolute atomic E-state index is 3.60. The van der Waals surface area contributed by atoms with Gasteiger partial charge in [0, 0.05) is 12.1 Å². The van der Waals surface area contributed by atoms with Gasteiger partial charge < -0.3 is 5.32 Å². The molecule has 1 aliphatic rings. The molecular weight excluding hydrogens is 208 g/mol. The van der Waals surface area contributed by atoms with E-state index in [4.69, 9.17) is 0 Å². The van der Waals surface area contributed by atoms with Crippen molar-refractivity contribution in [1.82, 2.24) is 10.2 Å². The van der Waals surface area contributed by atoms with Gasteiger partial charge in [0.25, 0.3) is 0 Å². The molecule has 0 bridgehead atoms. The van der Waals surface area contributed by atoms with Crippen LogP contribution in [-0.2, 0) is 0 Å². The Balaban J connectivity index is 2.27. The monoisotopic (exact) mass is 240 g/mol. The molecule has 102 valence electrons. The van der Waals surface area contributed by atoms with Crippen LogP contribution in [0, 0.1) is 11.8 Å². The Kier molecular flexibility index (Phi) is 5.94. The summed E-state index contributed by atoms with van der Waals surface area (Å²) in [5, 5.41) is 3.60. The highest BCUT2D eigenvalue weighted by Crippen LogP contribution is 2.27. The lowest BCUT2D eigenvalue weighted by Gasteiger charge is -2.35. The molecule has 0 radical (unpaired) electrons. The minimum absolute atomic E-state index is 0.404. The van der Waals surface area contributed by atoms with E-state index in [1.807, 2.05) is 0 Å². The van der Waals surface area contributed by atoms with Gasteiger partial charge in [0.2, 0.25) is 0 Å². The molecule has 0 aromatic rings. The van der Waals surface area contributed by atoms with Crippen molar-refractivity contribution in [2.75, 3.05) is 26.2 Å². The number of hydrogen-bond donors (Lipinski definition) is 1. The zero-order chi connectivity index (χ0) is 12.9. The molecule has 1 N–H and O–H groups in total. The number of rotatable bonds is 7. The molecule has 1 atom stereocenters. The van der Waals surface area contributed by atoms with Gasteiger partial charge in [-0.2, -0.15) is 0 Å². The second-order valence-electron chi connectivity index (χ2n) is 6.72. The SMILES string of the molecule is CCCC(C)(C)N1CCC(CNCC(C)C)C1. The van der Waals surface area contributed by atoms with E-state index >= 15 is 0 Å². The lowest BCUT2D eigenvalue weighted by Crippen LogP contribution is -2.42. The number of hydrogen-bond acceptors (Lipinski definition) is 2. The van der Waals surface area contributed by atoms with Crippen molar-refractivity contribution in [2.45, 2.75) is 59.4 Å². The molecule has 1 unspecified atom stereocenters. The Hall–Kier alpha value is -0.0800. The van der Waals surface area contributed by atoms with Gasteiger partial charge in [0.15, 0.2) is 0 Å². The molecule has 0 aromatic heterocycles. The first kappa shape index (κ1) is 15.0. The van der Waals surface area contributed by atoms with Crippen molar-refractivity contribution in [1.29, 1.82) is 0 Å². The fraction of sp³-hybridized carbons (Fsp3) is 1.00. The predicted octanol–water partition coefficient (Wildman–Crippen LogP) is 3.13. The molecule has 0 amide bonds. The third-order valence-corrected chi connectivity index (χ3v) is 3.99. The first-order valence-corrected chi connectivity index (χ1v) is 7.41. The normalized spacial score (nSPS) is 22.6. The maximum atomic E-state index is 3.60. The van der Waals surface area contributed by atoms with Gasteiger partial charge in [-0.25, -0.2) is 0 Å². The first-order valence-electron chi connectivity index (χ1n) is 7.41. The molecule has 0 aromatic carbocycles. The van der Waals surface area contributed by atoms with Gasteiger partial charge in [-0.3, -0.25) is 4.90 Å². The van der Waals surface area contributed by atoms with Crippen LogP contribution in [0.4, 0.5) is 0 Å². The van der Waals surface area contributed by atoms with Crippen LogP contribution in [0.15, 0.2) is 0 Å². The smallest absolute Gasteiger partial charge is 0.0153 e. The summed E-state index contributed by atoms with van der Waals surface area (Å²) in [6.45, 7) is 16.6. The fourth-order valence-electron chi connectivity index (χ4n) is 2.90. The summed E-state index contributed by atoms with van der Waals surface area (Å²) in [5.41, 5.74) is 0.404. The van der Waals surface area contributed by atoms with E-state index in [1.54, 1.807) is 0 Å². The van der Waals surface area contributed by atoms with Crippen LogP contribution in [0.5, 0.6) is 0 Å². The van der Waals surface area contributed by atoms with Gasteiger partial charge in [0.05, 0.1) is 0 Å². The molecule has 17 heavy (non-hydrogen) atoms. The summed E-state index contributed by atoms with van der Waals surface area (Å²) < 4.78 is 0. The molecular formula is C15H32N2. The van der Waals surface area contributed by atoms with Crippen molar-refractivity contribution in [3.63, 3.8) is 0 Å². The minimum atomic E-state index is 0.404. The van der Waals surface area contributed by atoms with E-state index in [0.717, 1.165) is 18.4 Å². The van der Waals surface area contributed by atoms with Crippen LogP contribution >= 0.6 is 0 Å². The fourth-order valence-corrected chi connectivity index (χ4v) is 2.90. The van der Waals surface area contributed by atoms with Gasteiger partial charge >= 0.3 is 0 Å². The lowest BCUT2D eigenvalue weighted by atomic mass is 9.97. The largest absolute Gasteiger partial charge is 0.316 e. The zero-order valence-corrected chi connectivity index (χ0v) is 12.6. The highest BCUT2D eigenvalue weighted by atomic mass is 15.2. The van der Waals surface area contributed by atoms with Crippen LogP contribution in [0.25, 0.3) is 0 Å². The Bertz CT molecular complexity index is 211. The summed E-state index contributed by atoms with van der Waals surface area (Å²) in [5.74, 6) is 1.63. The maximum Gasteiger partial charge on any atom is 0.0153 e. The molecule has 2 heteroatoms. The van der Waals surface area contributed by atoms with E-state index in [0.29, 0.717) is 5.54 Å². The second kappa shape index (κ2) is 6.75. The average Bonchev–Trinajstić information content (AvgIpc) is 2.66. The highest BCUT2D eigenvalue weighted by Gasteiger charge is 2.32. The van der Waals surface area contributed by atoms with Gasteiger partial charge in [-0.15, -0.1) is 0 Å². The lowest BCUT2D eigenvalue weighted by molar-refractivity contribution is 0.137. The van der Waals surface area contributed by atoms with Crippen molar-refractivity contribution in [3.05, 3.63) is 0 Å².